The number of hydrogen-bond acceptors (Lipinski definition) is 2. The highest BCUT2D eigenvalue weighted by atomic mass is 16.3. The zero-order valence-corrected chi connectivity index (χ0v) is 9.07. The normalized spacial score (nSPS) is 13.0. The third-order valence-corrected chi connectivity index (χ3v) is 2.62. The third-order valence-electron chi connectivity index (χ3n) is 2.62. The predicted molar refractivity (Wildman–Crippen MR) is 61.7 cm³/mol. The van der Waals surface area contributed by atoms with Gasteiger partial charge in [-0.2, -0.15) is 0 Å². The van der Waals surface area contributed by atoms with Gasteiger partial charge in [0.1, 0.15) is 0 Å². The fourth-order valence-corrected chi connectivity index (χ4v) is 1.84. The molecule has 2 nitrogen and oxygen atoms in total. The number of para-hydroxylation sites is 1. The quantitative estimate of drug-likeness (QED) is 0.810. The highest BCUT2D eigenvalue weighted by Gasteiger charge is 2.10. The average molecular weight is 201 g/mol. The first kappa shape index (κ1) is 10.1. The Kier molecular flexibility index (Phi) is 2.69. The lowest BCUT2D eigenvalue weighted by molar-refractivity contribution is 0.175. The molecule has 1 aromatic carbocycles. The summed E-state index contributed by atoms with van der Waals surface area (Å²) >= 11 is 0. The molecule has 0 aliphatic carbocycles. The van der Waals surface area contributed by atoms with Crippen LogP contribution in [0.25, 0.3) is 10.9 Å². The van der Waals surface area contributed by atoms with Gasteiger partial charge in [0.2, 0.25) is 0 Å². The van der Waals surface area contributed by atoms with E-state index in [4.69, 9.17) is 0 Å². The van der Waals surface area contributed by atoms with Crippen LogP contribution in [0, 0.1) is 6.92 Å². The van der Waals surface area contributed by atoms with Crippen molar-refractivity contribution in [3.8, 4) is 0 Å². The molecule has 1 aromatic heterocycles. The van der Waals surface area contributed by atoms with Crippen LogP contribution in [0.2, 0.25) is 0 Å². The van der Waals surface area contributed by atoms with Gasteiger partial charge in [0.25, 0.3) is 0 Å². The molecule has 0 saturated heterocycles. The van der Waals surface area contributed by atoms with Crippen molar-refractivity contribution >= 4 is 10.9 Å². The standard InChI is InChI=1S/C13H15NO/c1-3-13(15)11-8-9(2)14-12-7-5-4-6-10(11)12/h4-8,13,15H,3H2,1-2H3. The van der Waals surface area contributed by atoms with Crippen LogP contribution in [0.3, 0.4) is 0 Å². The molecule has 0 aliphatic heterocycles. The number of pyridine rings is 1. The summed E-state index contributed by atoms with van der Waals surface area (Å²) in [6.45, 7) is 3.94. The van der Waals surface area contributed by atoms with Crippen LogP contribution < -0.4 is 0 Å². The van der Waals surface area contributed by atoms with Crippen molar-refractivity contribution in [2.45, 2.75) is 26.4 Å². The van der Waals surface area contributed by atoms with E-state index in [0.717, 1.165) is 28.6 Å². The molecule has 0 fully saturated rings. The van der Waals surface area contributed by atoms with E-state index < -0.39 is 6.10 Å². The van der Waals surface area contributed by atoms with Crippen LogP contribution in [-0.2, 0) is 0 Å². The van der Waals surface area contributed by atoms with Gasteiger partial charge >= 0.3 is 0 Å². The summed E-state index contributed by atoms with van der Waals surface area (Å²) in [5, 5.41) is 11.0. The lowest BCUT2D eigenvalue weighted by Gasteiger charge is -2.12. The van der Waals surface area contributed by atoms with Gasteiger partial charge in [0.05, 0.1) is 11.6 Å². The van der Waals surface area contributed by atoms with E-state index in [-0.39, 0.29) is 0 Å². The Labute approximate surface area is 89.6 Å². The monoisotopic (exact) mass is 201 g/mol. The molecule has 2 aromatic rings. The summed E-state index contributed by atoms with van der Waals surface area (Å²) in [6, 6.07) is 9.91. The van der Waals surface area contributed by atoms with Crippen LogP contribution >= 0.6 is 0 Å². The molecule has 0 amide bonds. The summed E-state index contributed by atoms with van der Waals surface area (Å²) in [6.07, 6.45) is 0.338. The Hall–Kier alpha value is -1.41. The van der Waals surface area contributed by atoms with E-state index in [0.29, 0.717) is 0 Å². The molecule has 0 radical (unpaired) electrons. The number of benzene rings is 1. The predicted octanol–water partition coefficient (Wildman–Crippen LogP) is 2.99. The fraction of sp³-hybridized carbons (Fsp3) is 0.308. The van der Waals surface area contributed by atoms with Crippen LogP contribution in [0.1, 0.15) is 30.7 Å². The SMILES string of the molecule is CCC(O)c1cc(C)nc2ccccc12. The second-order valence-electron chi connectivity index (χ2n) is 3.79. The molecule has 2 rings (SSSR count). The van der Waals surface area contributed by atoms with Gasteiger partial charge in [0.15, 0.2) is 0 Å². The third kappa shape index (κ3) is 1.85. The number of fused-ring (bicyclic) bond motifs is 1. The minimum atomic E-state index is -0.392. The maximum atomic E-state index is 9.92. The van der Waals surface area contributed by atoms with Crippen molar-refractivity contribution in [1.82, 2.24) is 4.98 Å². The highest BCUT2D eigenvalue weighted by molar-refractivity contribution is 5.82. The summed E-state index contributed by atoms with van der Waals surface area (Å²) < 4.78 is 0. The molecule has 1 atom stereocenters. The topological polar surface area (TPSA) is 33.1 Å². The van der Waals surface area contributed by atoms with E-state index in [1.54, 1.807) is 0 Å². The molecule has 15 heavy (non-hydrogen) atoms. The van der Waals surface area contributed by atoms with E-state index in [9.17, 15) is 5.11 Å². The minimum absolute atomic E-state index is 0.392. The summed E-state index contributed by atoms with van der Waals surface area (Å²) in [5.74, 6) is 0. The van der Waals surface area contributed by atoms with Crippen LogP contribution in [0.4, 0.5) is 0 Å². The Morgan fingerprint density at radius 3 is 2.80 bits per heavy atom. The molecule has 0 saturated carbocycles. The van der Waals surface area contributed by atoms with Crippen LogP contribution in [0.15, 0.2) is 30.3 Å². The Balaban J connectivity index is 2.71. The number of hydrogen-bond donors (Lipinski definition) is 1. The molecular formula is C13H15NO. The smallest absolute Gasteiger partial charge is 0.0794 e. The Morgan fingerprint density at radius 1 is 1.33 bits per heavy atom. The Bertz CT molecular complexity index is 479. The molecule has 0 bridgehead atoms. The van der Waals surface area contributed by atoms with E-state index >= 15 is 0 Å². The summed E-state index contributed by atoms with van der Waals surface area (Å²) in [5.41, 5.74) is 2.90. The lowest BCUT2D eigenvalue weighted by atomic mass is 10.0. The van der Waals surface area contributed by atoms with E-state index in [1.165, 1.54) is 0 Å². The molecule has 1 unspecified atom stereocenters. The second-order valence-corrected chi connectivity index (χ2v) is 3.79. The maximum absolute atomic E-state index is 9.92. The number of aromatic nitrogens is 1. The van der Waals surface area contributed by atoms with Gasteiger partial charge in [-0.3, -0.25) is 4.98 Å². The minimum Gasteiger partial charge on any atom is -0.388 e. The maximum Gasteiger partial charge on any atom is 0.0794 e. The van der Waals surface area contributed by atoms with Crippen molar-refractivity contribution in [3.63, 3.8) is 0 Å². The number of aryl methyl sites for hydroxylation is 1. The second kappa shape index (κ2) is 3.99. The molecule has 1 heterocycles. The zero-order chi connectivity index (χ0) is 10.8. The first-order valence-electron chi connectivity index (χ1n) is 5.26. The van der Waals surface area contributed by atoms with Gasteiger partial charge in [-0.25, -0.2) is 0 Å². The average Bonchev–Trinajstić information content (AvgIpc) is 2.26. The summed E-state index contributed by atoms with van der Waals surface area (Å²) in [7, 11) is 0. The van der Waals surface area contributed by atoms with Crippen molar-refractivity contribution < 1.29 is 5.11 Å². The van der Waals surface area contributed by atoms with Crippen molar-refractivity contribution in [2.75, 3.05) is 0 Å². The summed E-state index contributed by atoms with van der Waals surface area (Å²) in [4.78, 5) is 4.44. The molecular weight excluding hydrogens is 186 g/mol. The largest absolute Gasteiger partial charge is 0.388 e. The zero-order valence-electron chi connectivity index (χ0n) is 9.07. The first-order chi connectivity index (χ1) is 7.22. The van der Waals surface area contributed by atoms with Gasteiger partial charge in [-0.05, 0) is 31.0 Å². The molecule has 78 valence electrons. The number of rotatable bonds is 2. The van der Waals surface area contributed by atoms with Gasteiger partial charge in [0, 0.05) is 11.1 Å². The first-order valence-corrected chi connectivity index (χ1v) is 5.26. The van der Waals surface area contributed by atoms with Crippen molar-refractivity contribution in [1.29, 1.82) is 0 Å². The van der Waals surface area contributed by atoms with Gasteiger partial charge < -0.3 is 5.11 Å². The number of aliphatic hydroxyl groups is 1. The fourth-order valence-electron chi connectivity index (χ4n) is 1.84. The molecule has 0 spiro atoms. The highest BCUT2D eigenvalue weighted by Crippen LogP contribution is 2.25. The molecule has 0 aliphatic rings. The van der Waals surface area contributed by atoms with Crippen LogP contribution in [-0.4, -0.2) is 10.1 Å². The Morgan fingerprint density at radius 2 is 2.07 bits per heavy atom. The van der Waals surface area contributed by atoms with E-state index in [1.807, 2.05) is 44.2 Å². The van der Waals surface area contributed by atoms with Crippen molar-refractivity contribution in [2.24, 2.45) is 0 Å². The number of nitrogens with zero attached hydrogens (tertiary/aromatic N) is 1. The van der Waals surface area contributed by atoms with Crippen molar-refractivity contribution in [3.05, 3.63) is 41.6 Å². The lowest BCUT2D eigenvalue weighted by Crippen LogP contribution is -1.98. The molecule has 2 heteroatoms. The van der Waals surface area contributed by atoms with Crippen LogP contribution in [0.5, 0.6) is 0 Å². The van der Waals surface area contributed by atoms with E-state index in [2.05, 4.69) is 4.98 Å². The molecule has 1 N–H and O–H groups in total. The van der Waals surface area contributed by atoms with Gasteiger partial charge in [-0.1, -0.05) is 25.1 Å². The number of aliphatic hydroxyl groups excluding tert-OH is 1. The van der Waals surface area contributed by atoms with Gasteiger partial charge in [-0.15, -0.1) is 0 Å².